The number of H-pyrrole nitrogens is 1. The Hall–Kier alpha value is -2.04. The molecule has 0 aliphatic carbocycles. The molecule has 1 N–H and O–H groups in total. The summed E-state index contributed by atoms with van der Waals surface area (Å²) in [4.78, 5) is 15.8. The van der Waals surface area contributed by atoms with Gasteiger partial charge in [-0.1, -0.05) is 17.3 Å². The third kappa shape index (κ3) is 1.95. The van der Waals surface area contributed by atoms with Crippen molar-refractivity contribution < 1.29 is 4.52 Å². The van der Waals surface area contributed by atoms with Crippen LogP contribution in [0, 0.1) is 0 Å². The average Bonchev–Trinajstić information content (AvgIpc) is 3.00. The van der Waals surface area contributed by atoms with Gasteiger partial charge in [0, 0.05) is 24.3 Å². The van der Waals surface area contributed by atoms with E-state index in [1.807, 2.05) is 18.2 Å². The number of anilines is 1. The lowest BCUT2D eigenvalue weighted by molar-refractivity contribution is 0.388. The molecule has 0 saturated carbocycles. The number of aromatic amines is 1. The highest BCUT2D eigenvalue weighted by molar-refractivity contribution is 5.62. The van der Waals surface area contributed by atoms with E-state index in [0.29, 0.717) is 5.82 Å². The number of nitrogens with zero attached hydrogens (tertiary/aromatic N) is 2. The van der Waals surface area contributed by atoms with Gasteiger partial charge in [0.25, 0.3) is 0 Å². The zero-order chi connectivity index (χ0) is 11.7. The maximum atomic E-state index is 10.9. The number of nitrogens with one attached hydrogen (secondary N) is 1. The molecule has 1 aromatic carbocycles. The van der Waals surface area contributed by atoms with Gasteiger partial charge in [-0.2, -0.15) is 0 Å². The van der Waals surface area contributed by atoms with Crippen LogP contribution in [-0.2, 0) is 0 Å². The fourth-order valence-electron chi connectivity index (χ4n) is 2.18. The van der Waals surface area contributed by atoms with E-state index in [-0.39, 0.29) is 0 Å². The fraction of sp³-hybridized carbons (Fsp3) is 0.333. The van der Waals surface area contributed by atoms with Gasteiger partial charge in [-0.25, -0.2) is 4.79 Å². The summed E-state index contributed by atoms with van der Waals surface area (Å²) in [5, 5.41) is 3.69. The number of benzene rings is 1. The fourth-order valence-corrected chi connectivity index (χ4v) is 2.18. The summed E-state index contributed by atoms with van der Waals surface area (Å²) in [6.45, 7) is 2.19. The van der Waals surface area contributed by atoms with Crippen molar-refractivity contribution in [3.63, 3.8) is 0 Å². The summed E-state index contributed by atoms with van der Waals surface area (Å²) in [6, 6.07) is 7.98. The summed E-state index contributed by atoms with van der Waals surface area (Å²) in [7, 11) is 0. The van der Waals surface area contributed by atoms with Crippen LogP contribution in [0.1, 0.15) is 12.8 Å². The molecule has 1 aromatic heterocycles. The zero-order valence-corrected chi connectivity index (χ0v) is 9.35. The lowest BCUT2D eigenvalue weighted by Crippen LogP contribution is -2.17. The Morgan fingerprint density at radius 1 is 1.29 bits per heavy atom. The van der Waals surface area contributed by atoms with Crippen LogP contribution in [0.5, 0.6) is 0 Å². The molecule has 2 heterocycles. The molecule has 1 aliphatic rings. The van der Waals surface area contributed by atoms with E-state index in [9.17, 15) is 4.79 Å². The number of hydrogen-bond acceptors (Lipinski definition) is 4. The van der Waals surface area contributed by atoms with Crippen LogP contribution in [0.15, 0.2) is 33.6 Å². The van der Waals surface area contributed by atoms with E-state index in [2.05, 4.69) is 25.6 Å². The monoisotopic (exact) mass is 231 g/mol. The minimum absolute atomic E-state index is 0.482. The lowest BCUT2D eigenvalue weighted by atomic mass is 10.2. The van der Waals surface area contributed by atoms with Crippen LogP contribution in [0.3, 0.4) is 0 Å². The standard InChI is InChI=1S/C12H13N3O2/c16-12-13-11(14-17-12)9-4-3-5-10(8-9)15-6-1-2-7-15/h3-5,8H,1-2,6-7H2,(H,13,14,16). The average molecular weight is 231 g/mol. The first-order valence-corrected chi connectivity index (χ1v) is 5.74. The predicted octanol–water partition coefficient (Wildman–Crippen LogP) is 1.63. The van der Waals surface area contributed by atoms with Gasteiger partial charge >= 0.3 is 5.76 Å². The van der Waals surface area contributed by atoms with Gasteiger partial charge in [0.1, 0.15) is 0 Å². The summed E-state index contributed by atoms with van der Waals surface area (Å²) in [5.41, 5.74) is 2.05. The molecular weight excluding hydrogens is 218 g/mol. The van der Waals surface area contributed by atoms with Crippen molar-refractivity contribution in [2.24, 2.45) is 0 Å². The van der Waals surface area contributed by atoms with E-state index >= 15 is 0 Å². The Bertz CT molecular complexity index is 567. The molecule has 0 spiro atoms. The van der Waals surface area contributed by atoms with Crippen molar-refractivity contribution in [1.29, 1.82) is 0 Å². The molecule has 2 aromatic rings. The van der Waals surface area contributed by atoms with Crippen LogP contribution < -0.4 is 10.7 Å². The van der Waals surface area contributed by atoms with Crippen LogP contribution in [-0.4, -0.2) is 23.2 Å². The quantitative estimate of drug-likeness (QED) is 0.853. The normalized spacial score (nSPS) is 15.4. The summed E-state index contributed by atoms with van der Waals surface area (Å²) in [5.74, 6) is -0.0392. The molecule has 17 heavy (non-hydrogen) atoms. The van der Waals surface area contributed by atoms with E-state index < -0.39 is 5.76 Å². The van der Waals surface area contributed by atoms with Gasteiger partial charge in [0.05, 0.1) is 0 Å². The maximum absolute atomic E-state index is 10.9. The number of aromatic nitrogens is 2. The van der Waals surface area contributed by atoms with Crippen LogP contribution in [0.4, 0.5) is 5.69 Å². The first-order chi connectivity index (χ1) is 8.33. The Morgan fingerprint density at radius 3 is 2.82 bits per heavy atom. The molecule has 3 rings (SSSR count). The molecular formula is C12H13N3O2. The molecule has 0 bridgehead atoms. The van der Waals surface area contributed by atoms with Gasteiger partial charge in [-0.3, -0.25) is 9.51 Å². The van der Waals surface area contributed by atoms with E-state index in [0.717, 1.165) is 18.7 Å². The summed E-state index contributed by atoms with van der Waals surface area (Å²) < 4.78 is 4.51. The van der Waals surface area contributed by atoms with Crippen LogP contribution in [0.2, 0.25) is 0 Å². The third-order valence-electron chi connectivity index (χ3n) is 3.03. The molecule has 0 amide bonds. The molecule has 0 atom stereocenters. The molecule has 1 aliphatic heterocycles. The van der Waals surface area contributed by atoms with Crippen molar-refractivity contribution >= 4 is 5.69 Å². The molecule has 1 saturated heterocycles. The van der Waals surface area contributed by atoms with Crippen LogP contribution >= 0.6 is 0 Å². The largest absolute Gasteiger partial charge is 0.439 e. The zero-order valence-electron chi connectivity index (χ0n) is 9.35. The van der Waals surface area contributed by atoms with Gasteiger partial charge < -0.3 is 4.90 Å². The molecule has 0 unspecified atom stereocenters. The molecule has 5 nitrogen and oxygen atoms in total. The molecule has 1 fully saturated rings. The minimum atomic E-state index is -0.522. The summed E-state index contributed by atoms with van der Waals surface area (Å²) >= 11 is 0. The Labute approximate surface area is 98.0 Å². The second-order valence-corrected chi connectivity index (χ2v) is 4.19. The molecule has 0 radical (unpaired) electrons. The lowest BCUT2D eigenvalue weighted by Gasteiger charge is -2.17. The van der Waals surface area contributed by atoms with Crippen molar-refractivity contribution in [3.05, 3.63) is 34.8 Å². The number of rotatable bonds is 2. The van der Waals surface area contributed by atoms with Crippen molar-refractivity contribution in [2.75, 3.05) is 18.0 Å². The van der Waals surface area contributed by atoms with Crippen molar-refractivity contribution in [1.82, 2.24) is 10.1 Å². The van der Waals surface area contributed by atoms with Crippen LogP contribution in [0.25, 0.3) is 11.4 Å². The van der Waals surface area contributed by atoms with Gasteiger partial charge in [-0.15, -0.1) is 0 Å². The Morgan fingerprint density at radius 2 is 2.12 bits per heavy atom. The Balaban J connectivity index is 1.95. The minimum Gasteiger partial charge on any atom is -0.372 e. The highest BCUT2D eigenvalue weighted by Crippen LogP contribution is 2.24. The maximum Gasteiger partial charge on any atom is 0.439 e. The second-order valence-electron chi connectivity index (χ2n) is 4.19. The Kier molecular flexibility index (Phi) is 2.44. The smallest absolute Gasteiger partial charge is 0.372 e. The topological polar surface area (TPSA) is 62.1 Å². The highest BCUT2D eigenvalue weighted by atomic mass is 16.5. The van der Waals surface area contributed by atoms with Crippen molar-refractivity contribution in [3.8, 4) is 11.4 Å². The van der Waals surface area contributed by atoms with Gasteiger partial charge in [-0.05, 0) is 25.0 Å². The number of hydrogen-bond donors (Lipinski definition) is 1. The first-order valence-electron chi connectivity index (χ1n) is 5.74. The van der Waals surface area contributed by atoms with E-state index in [1.54, 1.807) is 0 Å². The highest BCUT2D eigenvalue weighted by Gasteiger charge is 2.13. The van der Waals surface area contributed by atoms with Gasteiger partial charge in [0.2, 0.25) is 0 Å². The predicted molar refractivity (Wildman–Crippen MR) is 64.0 cm³/mol. The molecule has 88 valence electrons. The van der Waals surface area contributed by atoms with E-state index in [4.69, 9.17) is 0 Å². The second kappa shape index (κ2) is 4.08. The summed E-state index contributed by atoms with van der Waals surface area (Å²) in [6.07, 6.45) is 2.48. The molecule has 5 heteroatoms. The van der Waals surface area contributed by atoms with Gasteiger partial charge in [0.15, 0.2) is 5.82 Å². The first kappa shape index (κ1) is 10.1. The SMILES string of the molecule is O=c1[nH]c(-c2cccc(N3CCCC3)c2)no1. The van der Waals surface area contributed by atoms with E-state index in [1.165, 1.54) is 18.5 Å². The van der Waals surface area contributed by atoms with Crippen molar-refractivity contribution in [2.45, 2.75) is 12.8 Å². The third-order valence-corrected chi connectivity index (χ3v) is 3.03.